The van der Waals surface area contributed by atoms with E-state index in [0.29, 0.717) is 6.04 Å². The fraction of sp³-hybridized carbons (Fsp3) is 0.667. The van der Waals surface area contributed by atoms with Crippen molar-refractivity contribution in [1.29, 1.82) is 0 Å². The second-order valence-electron chi connectivity index (χ2n) is 5.52. The first-order chi connectivity index (χ1) is 9.86. The SMILES string of the molecule is CCCCCCCCCC(CSc1ccccc1)NC. The highest BCUT2D eigenvalue weighted by molar-refractivity contribution is 7.99. The fourth-order valence-corrected chi connectivity index (χ4v) is 3.45. The Hall–Kier alpha value is -0.470. The first-order valence-electron chi connectivity index (χ1n) is 8.22. The van der Waals surface area contributed by atoms with Crippen LogP contribution in [0.1, 0.15) is 58.3 Å². The van der Waals surface area contributed by atoms with Gasteiger partial charge in [-0.2, -0.15) is 0 Å². The molecule has 0 bridgehead atoms. The maximum absolute atomic E-state index is 3.46. The van der Waals surface area contributed by atoms with Crippen LogP contribution in [0.25, 0.3) is 0 Å². The van der Waals surface area contributed by atoms with Crippen molar-refractivity contribution < 1.29 is 0 Å². The van der Waals surface area contributed by atoms with Gasteiger partial charge in [0.25, 0.3) is 0 Å². The summed E-state index contributed by atoms with van der Waals surface area (Å²) in [7, 11) is 2.09. The highest BCUT2D eigenvalue weighted by Crippen LogP contribution is 2.19. The number of unbranched alkanes of at least 4 members (excludes halogenated alkanes) is 6. The molecule has 1 rings (SSSR count). The van der Waals surface area contributed by atoms with E-state index in [1.807, 2.05) is 11.8 Å². The van der Waals surface area contributed by atoms with Crippen molar-refractivity contribution in [3.63, 3.8) is 0 Å². The molecule has 0 fully saturated rings. The van der Waals surface area contributed by atoms with E-state index in [2.05, 4.69) is 49.6 Å². The molecule has 0 aliphatic rings. The molecule has 1 unspecified atom stereocenters. The molecule has 2 heteroatoms. The average molecular weight is 294 g/mol. The molecule has 20 heavy (non-hydrogen) atoms. The van der Waals surface area contributed by atoms with Crippen molar-refractivity contribution in [3.8, 4) is 0 Å². The highest BCUT2D eigenvalue weighted by atomic mass is 32.2. The molecule has 1 aromatic carbocycles. The molecule has 1 aromatic rings. The minimum Gasteiger partial charge on any atom is -0.316 e. The number of thioether (sulfide) groups is 1. The Kier molecular flexibility index (Phi) is 10.8. The molecule has 0 radical (unpaired) electrons. The summed E-state index contributed by atoms with van der Waals surface area (Å²) < 4.78 is 0. The van der Waals surface area contributed by atoms with Gasteiger partial charge >= 0.3 is 0 Å². The van der Waals surface area contributed by atoms with Gasteiger partial charge in [0.05, 0.1) is 0 Å². The lowest BCUT2D eigenvalue weighted by Crippen LogP contribution is -2.27. The number of hydrogen-bond donors (Lipinski definition) is 1. The Morgan fingerprint density at radius 1 is 0.950 bits per heavy atom. The van der Waals surface area contributed by atoms with Crippen molar-refractivity contribution in [2.45, 2.75) is 69.2 Å². The van der Waals surface area contributed by atoms with Crippen LogP contribution in [-0.4, -0.2) is 18.8 Å². The smallest absolute Gasteiger partial charge is 0.0158 e. The summed E-state index contributed by atoms with van der Waals surface area (Å²) in [6, 6.07) is 11.4. The molecule has 1 nitrogen and oxygen atoms in total. The van der Waals surface area contributed by atoms with Crippen LogP contribution in [0.2, 0.25) is 0 Å². The quantitative estimate of drug-likeness (QED) is 0.403. The van der Waals surface area contributed by atoms with Gasteiger partial charge in [-0.25, -0.2) is 0 Å². The molecule has 0 heterocycles. The molecule has 0 spiro atoms. The van der Waals surface area contributed by atoms with Crippen LogP contribution in [-0.2, 0) is 0 Å². The second-order valence-corrected chi connectivity index (χ2v) is 6.61. The van der Waals surface area contributed by atoms with E-state index in [0.717, 1.165) is 0 Å². The molecule has 0 aliphatic heterocycles. The van der Waals surface area contributed by atoms with Crippen molar-refractivity contribution >= 4 is 11.8 Å². The Bertz CT molecular complexity index is 312. The van der Waals surface area contributed by atoms with Crippen molar-refractivity contribution in [1.82, 2.24) is 5.32 Å². The van der Waals surface area contributed by atoms with E-state index in [-0.39, 0.29) is 0 Å². The van der Waals surface area contributed by atoms with Crippen molar-refractivity contribution in [3.05, 3.63) is 30.3 Å². The average Bonchev–Trinajstić information content (AvgIpc) is 2.50. The van der Waals surface area contributed by atoms with Gasteiger partial charge in [-0.05, 0) is 25.6 Å². The zero-order chi connectivity index (χ0) is 14.5. The van der Waals surface area contributed by atoms with Crippen LogP contribution in [0, 0.1) is 0 Å². The standard InChI is InChI=1S/C18H31NS/c1-3-4-5-6-7-8-10-13-17(19-2)16-20-18-14-11-9-12-15-18/h9,11-12,14-15,17,19H,3-8,10,13,16H2,1-2H3. The Morgan fingerprint density at radius 3 is 2.25 bits per heavy atom. The van der Waals surface area contributed by atoms with Gasteiger partial charge in [-0.1, -0.05) is 70.1 Å². The topological polar surface area (TPSA) is 12.0 Å². The number of benzene rings is 1. The van der Waals surface area contributed by atoms with Crippen LogP contribution in [0.5, 0.6) is 0 Å². The van der Waals surface area contributed by atoms with Gasteiger partial charge in [0, 0.05) is 16.7 Å². The molecule has 0 aliphatic carbocycles. The summed E-state index contributed by atoms with van der Waals surface area (Å²) in [5, 5.41) is 3.46. The summed E-state index contributed by atoms with van der Waals surface area (Å²) in [4.78, 5) is 1.38. The van der Waals surface area contributed by atoms with Gasteiger partial charge in [-0.3, -0.25) is 0 Å². The molecular weight excluding hydrogens is 262 g/mol. The minimum atomic E-state index is 0.649. The Labute approximate surface area is 129 Å². The van der Waals surface area contributed by atoms with Gasteiger partial charge < -0.3 is 5.32 Å². The van der Waals surface area contributed by atoms with Crippen molar-refractivity contribution in [2.24, 2.45) is 0 Å². The van der Waals surface area contributed by atoms with Gasteiger partial charge in [0.15, 0.2) is 0 Å². The normalized spacial score (nSPS) is 12.5. The van der Waals surface area contributed by atoms with Gasteiger partial charge in [0.2, 0.25) is 0 Å². The van der Waals surface area contributed by atoms with Crippen LogP contribution in [0.15, 0.2) is 35.2 Å². The monoisotopic (exact) mass is 293 g/mol. The van der Waals surface area contributed by atoms with E-state index in [9.17, 15) is 0 Å². The summed E-state index contributed by atoms with van der Waals surface area (Å²) >= 11 is 1.97. The van der Waals surface area contributed by atoms with Crippen LogP contribution < -0.4 is 5.32 Å². The number of rotatable bonds is 12. The van der Waals surface area contributed by atoms with Crippen LogP contribution in [0.3, 0.4) is 0 Å². The maximum atomic E-state index is 3.46. The molecule has 0 amide bonds. The summed E-state index contributed by atoms with van der Waals surface area (Å²) in [6.45, 7) is 2.28. The number of nitrogens with one attached hydrogen (secondary N) is 1. The van der Waals surface area contributed by atoms with E-state index in [1.54, 1.807) is 0 Å². The molecule has 0 aromatic heterocycles. The van der Waals surface area contributed by atoms with E-state index >= 15 is 0 Å². The van der Waals surface area contributed by atoms with E-state index < -0.39 is 0 Å². The predicted molar refractivity (Wildman–Crippen MR) is 92.6 cm³/mol. The largest absolute Gasteiger partial charge is 0.316 e. The van der Waals surface area contributed by atoms with Crippen LogP contribution >= 0.6 is 11.8 Å². The lowest BCUT2D eigenvalue weighted by molar-refractivity contribution is 0.511. The van der Waals surface area contributed by atoms with Crippen LogP contribution in [0.4, 0.5) is 0 Å². The third-order valence-corrected chi connectivity index (χ3v) is 4.93. The summed E-state index contributed by atoms with van der Waals surface area (Å²) in [6.07, 6.45) is 11.1. The molecular formula is C18H31NS. The van der Waals surface area contributed by atoms with Crippen molar-refractivity contribution in [2.75, 3.05) is 12.8 Å². The van der Waals surface area contributed by atoms with E-state index in [4.69, 9.17) is 0 Å². The molecule has 1 atom stereocenters. The zero-order valence-electron chi connectivity index (χ0n) is 13.2. The number of hydrogen-bond acceptors (Lipinski definition) is 2. The summed E-state index contributed by atoms with van der Waals surface area (Å²) in [5.41, 5.74) is 0. The predicted octanol–water partition coefficient (Wildman–Crippen LogP) is 5.51. The third-order valence-electron chi connectivity index (χ3n) is 3.76. The Balaban J connectivity index is 2.04. The van der Waals surface area contributed by atoms with E-state index in [1.165, 1.54) is 62.0 Å². The van der Waals surface area contributed by atoms with Gasteiger partial charge in [0.1, 0.15) is 0 Å². The fourth-order valence-electron chi connectivity index (χ4n) is 2.37. The highest BCUT2D eigenvalue weighted by Gasteiger charge is 2.06. The minimum absolute atomic E-state index is 0.649. The Morgan fingerprint density at radius 2 is 1.60 bits per heavy atom. The first-order valence-corrected chi connectivity index (χ1v) is 9.20. The third kappa shape index (κ3) is 8.65. The first kappa shape index (κ1) is 17.6. The zero-order valence-corrected chi connectivity index (χ0v) is 14.1. The second kappa shape index (κ2) is 12.3. The molecule has 0 saturated heterocycles. The molecule has 114 valence electrons. The summed E-state index contributed by atoms with van der Waals surface area (Å²) in [5.74, 6) is 1.18. The lowest BCUT2D eigenvalue weighted by atomic mass is 10.1. The molecule has 1 N–H and O–H groups in total. The van der Waals surface area contributed by atoms with Gasteiger partial charge in [-0.15, -0.1) is 11.8 Å². The molecule has 0 saturated carbocycles. The maximum Gasteiger partial charge on any atom is 0.0158 e. The lowest BCUT2D eigenvalue weighted by Gasteiger charge is -2.15.